The van der Waals surface area contributed by atoms with Crippen molar-refractivity contribution in [3.8, 4) is 0 Å². The lowest BCUT2D eigenvalue weighted by atomic mass is 10.2. The van der Waals surface area contributed by atoms with E-state index < -0.39 is 11.7 Å². The molecule has 2 aromatic rings. The highest BCUT2D eigenvalue weighted by Gasteiger charge is 2.21. The molecule has 102 valence electrons. The minimum atomic E-state index is -0.549. The summed E-state index contributed by atoms with van der Waals surface area (Å²) in [6.07, 6.45) is -0.426. The fraction of sp³-hybridized carbons (Fsp3) is 0.308. The zero-order valence-corrected chi connectivity index (χ0v) is 14.3. The largest absolute Gasteiger partial charge is 0.443 e. The summed E-state index contributed by atoms with van der Waals surface area (Å²) in [6, 6.07) is 5.27. The zero-order chi connectivity index (χ0) is 14.4. The number of fused-ring (bicyclic) bond motifs is 1. The molecule has 0 saturated carbocycles. The predicted octanol–water partition coefficient (Wildman–Crippen LogP) is 5.34. The van der Waals surface area contributed by atoms with Gasteiger partial charge in [0.1, 0.15) is 5.60 Å². The molecule has 0 aliphatic carbocycles. The molecular formula is C13H12Cl2INO2. The van der Waals surface area contributed by atoms with Gasteiger partial charge >= 0.3 is 6.09 Å². The normalized spacial score (nSPS) is 11.9. The number of nitrogens with zero attached hydrogens (tertiary/aromatic N) is 1. The average molecular weight is 412 g/mol. The van der Waals surface area contributed by atoms with Crippen molar-refractivity contribution in [3.05, 3.63) is 31.9 Å². The molecule has 0 unspecified atom stereocenters. The molecule has 0 fully saturated rings. The highest BCUT2D eigenvalue weighted by molar-refractivity contribution is 14.1. The monoisotopic (exact) mass is 411 g/mol. The van der Waals surface area contributed by atoms with Crippen LogP contribution in [0.15, 0.2) is 18.2 Å². The number of hydrogen-bond acceptors (Lipinski definition) is 2. The van der Waals surface area contributed by atoms with Crippen molar-refractivity contribution in [2.24, 2.45) is 0 Å². The number of hydrogen-bond donors (Lipinski definition) is 0. The third-order valence-electron chi connectivity index (χ3n) is 2.37. The number of carbonyl (C=O) groups is 1. The van der Waals surface area contributed by atoms with Crippen LogP contribution >= 0.6 is 45.8 Å². The molecule has 0 radical (unpaired) electrons. The maximum Gasteiger partial charge on any atom is 0.419 e. The summed E-state index contributed by atoms with van der Waals surface area (Å²) in [4.78, 5) is 12.2. The second kappa shape index (κ2) is 5.14. The Hall–Kier alpha value is -0.460. The summed E-state index contributed by atoms with van der Waals surface area (Å²) < 4.78 is 7.62. The van der Waals surface area contributed by atoms with E-state index in [0.29, 0.717) is 15.6 Å². The number of benzene rings is 1. The van der Waals surface area contributed by atoms with Crippen LogP contribution in [0.1, 0.15) is 20.8 Å². The Bertz CT molecular complexity index is 659. The van der Waals surface area contributed by atoms with Gasteiger partial charge in [-0.2, -0.15) is 0 Å². The number of ether oxygens (including phenoxy) is 1. The molecule has 0 saturated heterocycles. The summed E-state index contributed by atoms with van der Waals surface area (Å²) in [5.74, 6) is 0. The summed E-state index contributed by atoms with van der Waals surface area (Å²) in [6.45, 7) is 5.48. The molecule has 1 aromatic heterocycles. The first kappa shape index (κ1) is 14.9. The maximum absolute atomic E-state index is 12.2. The van der Waals surface area contributed by atoms with Crippen LogP contribution in [-0.2, 0) is 4.74 Å². The van der Waals surface area contributed by atoms with Crippen molar-refractivity contribution in [1.82, 2.24) is 4.57 Å². The summed E-state index contributed by atoms with van der Waals surface area (Å²) in [5.41, 5.74) is 0.139. The Morgan fingerprint density at radius 2 is 1.79 bits per heavy atom. The van der Waals surface area contributed by atoms with Crippen molar-refractivity contribution in [2.45, 2.75) is 26.4 Å². The first-order valence-electron chi connectivity index (χ1n) is 5.58. The van der Waals surface area contributed by atoms with Gasteiger partial charge in [-0.25, -0.2) is 9.36 Å². The second-order valence-corrected chi connectivity index (χ2v) is 7.03. The first-order chi connectivity index (χ1) is 8.69. The lowest BCUT2D eigenvalue weighted by Gasteiger charge is -2.20. The highest BCUT2D eigenvalue weighted by atomic mass is 127. The van der Waals surface area contributed by atoms with E-state index in [1.165, 1.54) is 4.57 Å². The second-order valence-electron chi connectivity index (χ2n) is 5.11. The van der Waals surface area contributed by atoms with Gasteiger partial charge in [0.05, 0.1) is 19.3 Å². The number of halogens is 3. The minimum absolute atomic E-state index is 0.411. The Kier molecular flexibility index (Phi) is 4.05. The van der Waals surface area contributed by atoms with E-state index in [1.807, 2.05) is 26.8 Å². The van der Waals surface area contributed by atoms with Crippen molar-refractivity contribution in [1.29, 1.82) is 0 Å². The van der Waals surface area contributed by atoms with E-state index in [0.717, 1.165) is 9.09 Å². The highest BCUT2D eigenvalue weighted by Crippen LogP contribution is 2.31. The van der Waals surface area contributed by atoms with Crippen molar-refractivity contribution >= 4 is 62.8 Å². The van der Waals surface area contributed by atoms with Gasteiger partial charge in [0.2, 0.25) is 0 Å². The fourth-order valence-electron chi connectivity index (χ4n) is 1.66. The molecule has 19 heavy (non-hydrogen) atoms. The molecule has 0 spiro atoms. The Morgan fingerprint density at radius 3 is 2.37 bits per heavy atom. The predicted molar refractivity (Wildman–Crippen MR) is 86.3 cm³/mol. The molecule has 0 atom stereocenters. The molecule has 0 amide bonds. The van der Waals surface area contributed by atoms with Crippen LogP contribution in [0, 0.1) is 3.70 Å². The molecule has 0 N–H and O–H groups in total. The van der Waals surface area contributed by atoms with E-state index in [1.54, 1.807) is 12.1 Å². The molecule has 1 aromatic carbocycles. The fourth-order valence-corrected chi connectivity index (χ4v) is 2.78. The van der Waals surface area contributed by atoms with Crippen LogP contribution in [0.3, 0.4) is 0 Å². The third-order valence-corrected chi connectivity index (χ3v) is 3.89. The lowest BCUT2D eigenvalue weighted by Crippen LogP contribution is -2.27. The van der Waals surface area contributed by atoms with Crippen molar-refractivity contribution in [2.75, 3.05) is 0 Å². The van der Waals surface area contributed by atoms with E-state index in [-0.39, 0.29) is 0 Å². The van der Waals surface area contributed by atoms with Crippen LogP contribution in [0.25, 0.3) is 10.9 Å². The Labute approximate surface area is 135 Å². The number of rotatable bonds is 0. The van der Waals surface area contributed by atoms with Crippen LogP contribution in [0.2, 0.25) is 10.0 Å². The van der Waals surface area contributed by atoms with E-state index in [9.17, 15) is 4.79 Å². The van der Waals surface area contributed by atoms with Gasteiger partial charge in [-0.15, -0.1) is 0 Å². The van der Waals surface area contributed by atoms with Crippen molar-refractivity contribution < 1.29 is 9.53 Å². The van der Waals surface area contributed by atoms with E-state index in [2.05, 4.69) is 22.6 Å². The lowest BCUT2D eigenvalue weighted by molar-refractivity contribution is 0.0540. The van der Waals surface area contributed by atoms with Crippen LogP contribution in [0.5, 0.6) is 0 Å². The van der Waals surface area contributed by atoms with Crippen LogP contribution in [-0.4, -0.2) is 16.3 Å². The number of carbonyl (C=O) groups excluding carboxylic acids is 1. The van der Waals surface area contributed by atoms with E-state index in [4.69, 9.17) is 27.9 Å². The average Bonchev–Trinajstić information content (AvgIpc) is 2.52. The maximum atomic E-state index is 12.2. The summed E-state index contributed by atoms with van der Waals surface area (Å²) >= 11 is 14.1. The van der Waals surface area contributed by atoms with Crippen LogP contribution in [0.4, 0.5) is 4.79 Å². The van der Waals surface area contributed by atoms with Crippen LogP contribution < -0.4 is 0 Å². The van der Waals surface area contributed by atoms with Gasteiger partial charge in [0.25, 0.3) is 0 Å². The molecule has 2 rings (SSSR count). The molecular weight excluding hydrogens is 400 g/mol. The topological polar surface area (TPSA) is 31.2 Å². The molecule has 1 heterocycles. The molecule has 3 nitrogen and oxygen atoms in total. The quantitative estimate of drug-likeness (QED) is 0.548. The Morgan fingerprint density at radius 1 is 1.21 bits per heavy atom. The van der Waals surface area contributed by atoms with Gasteiger partial charge < -0.3 is 4.74 Å². The SMILES string of the molecule is CC(C)(C)OC(=O)n1c(I)cc2cc(Cl)c(Cl)cc21. The van der Waals surface area contributed by atoms with Gasteiger partial charge in [0.15, 0.2) is 0 Å². The smallest absolute Gasteiger partial charge is 0.419 e. The van der Waals surface area contributed by atoms with Crippen molar-refractivity contribution in [3.63, 3.8) is 0 Å². The van der Waals surface area contributed by atoms with E-state index >= 15 is 0 Å². The first-order valence-corrected chi connectivity index (χ1v) is 7.42. The molecule has 0 aliphatic heterocycles. The van der Waals surface area contributed by atoms with Gasteiger partial charge in [0, 0.05) is 5.39 Å². The zero-order valence-electron chi connectivity index (χ0n) is 10.6. The van der Waals surface area contributed by atoms with Gasteiger partial charge in [-0.3, -0.25) is 0 Å². The Balaban J connectivity index is 2.57. The summed E-state index contributed by atoms with van der Waals surface area (Å²) in [7, 11) is 0. The molecule has 0 bridgehead atoms. The van der Waals surface area contributed by atoms with Gasteiger partial charge in [-0.1, -0.05) is 23.2 Å². The van der Waals surface area contributed by atoms with Gasteiger partial charge in [-0.05, 0) is 61.6 Å². The summed E-state index contributed by atoms with van der Waals surface area (Å²) in [5, 5.41) is 1.73. The molecule has 0 aliphatic rings. The third kappa shape index (κ3) is 3.17. The number of aromatic nitrogens is 1. The minimum Gasteiger partial charge on any atom is -0.443 e. The molecule has 6 heteroatoms. The standard InChI is InChI=1S/C13H12Cl2INO2/c1-13(2,3)19-12(18)17-10-6-9(15)8(14)4-7(10)5-11(17)16/h4-6H,1-3H3.